The summed E-state index contributed by atoms with van der Waals surface area (Å²) in [6, 6.07) is 4.04. The molecule has 0 radical (unpaired) electrons. The van der Waals surface area contributed by atoms with Crippen molar-refractivity contribution in [3.63, 3.8) is 0 Å². The highest BCUT2D eigenvalue weighted by Gasteiger charge is 2.35. The predicted molar refractivity (Wildman–Crippen MR) is 71.4 cm³/mol. The first-order valence-corrected chi connectivity index (χ1v) is 7.51. The highest BCUT2D eigenvalue weighted by Crippen LogP contribution is 2.30. The number of ether oxygens (including phenoxy) is 1. The van der Waals surface area contributed by atoms with Gasteiger partial charge in [0.25, 0.3) is 0 Å². The summed E-state index contributed by atoms with van der Waals surface area (Å²) < 4.78 is 31.4. The van der Waals surface area contributed by atoms with E-state index >= 15 is 0 Å². The Kier molecular flexibility index (Phi) is 3.98. The van der Waals surface area contributed by atoms with E-state index in [-0.39, 0.29) is 17.5 Å². The molecule has 0 spiro atoms. The molecule has 1 aliphatic rings. The first-order chi connectivity index (χ1) is 9.00. The van der Waals surface area contributed by atoms with Gasteiger partial charge in [-0.2, -0.15) is 4.31 Å². The molecule has 3 N–H and O–H groups in total. The second kappa shape index (κ2) is 5.36. The van der Waals surface area contributed by atoms with Crippen LogP contribution < -0.4 is 10.5 Å². The minimum absolute atomic E-state index is 0.138. The van der Waals surface area contributed by atoms with Gasteiger partial charge in [0, 0.05) is 18.7 Å². The number of nitrogens with zero attached hydrogens (tertiary/aromatic N) is 1. The molecular weight excluding hydrogens is 268 g/mol. The van der Waals surface area contributed by atoms with Gasteiger partial charge in [0.05, 0.1) is 24.3 Å². The van der Waals surface area contributed by atoms with Crippen LogP contribution in [0.3, 0.4) is 0 Å². The minimum Gasteiger partial charge on any atom is -0.495 e. The van der Waals surface area contributed by atoms with E-state index < -0.39 is 10.0 Å². The van der Waals surface area contributed by atoms with E-state index in [9.17, 15) is 13.5 Å². The maximum atomic E-state index is 12.5. The third-order valence-electron chi connectivity index (χ3n) is 3.35. The zero-order valence-electron chi connectivity index (χ0n) is 10.7. The monoisotopic (exact) mass is 286 g/mol. The summed E-state index contributed by atoms with van der Waals surface area (Å²) in [6.45, 7) is 0.269. The van der Waals surface area contributed by atoms with Crippen molar-refractivity contribution in [2.45, 2.75) is 23.8 Å². The van der Waals surface area contributed by atoms with Crippen molar-refractivity contribution in [2.24, 2.45) is 0 Å². The van der Waals surface area contributed by atoms with Gasteiger partial charge in [-0.25, -0.2) is 8.42 Å². The number of nitrogens with two attached hydrogens (primary N) is 1. The Labute approximate surface area is 112 Å². The molecule has 2 rings (SSSR count). The third kappa shape index (κ3) is 2.54. The topological polar surface area (TPSA) is 92.9 Å². The number of hydrogen-bond donors (Lipinski definition) is 2. The molecule has 0 unspecified atom stereocenters. The van der Waals surface area contributed by atoms with Crippen LogP contribution in [-0.2, 0) is 10.0 Å². The van der Waals surface area contributed by atoms with Crippen LogP contribution in [0.15, 0.2) is 23.1 Å². The molecule has 7 heteroatoms. The summed E-state index contributed by atoms with van der Waals surface area (Å²) in [5, 5.41) is 9.24. The lowest BCUT2D eigenvalue weighted by atomic mass is 10.2. The minimum atomic E-state index is -3.61. The van der Waals surface area contributed by atoms with E-state index in [2.05, 4.69) is 0 Å². The summed E-state index contributed by atoms with van der Waals surface area (Å²) >= 11 is 0. The molecule has 1 aromatic rings. The SMILES string of the molecule is COc1cc(S(=O)(=O)N2CCC[C@H]2CO)ccc1N. The van der Waals surface area contributed by atoms with Crippen LogP contribution in [0, 0.1) is 0 Å². The van der Waals surface area contributed by atoms with Crippen LogP contribution in [0.5, 0.6) is 5.75 Å². The van der Waals surface area contributed by atoms with Crippen LogP contribution in [-0.4, -0.2) is 44.1 Å². The Bertz CT molecular complexity index is 559. The van der Waals surface area contributed by atoms with E-state index in [0.717, 1.165) is 6.42 Å². The fourth-order valence-electron chi connectivity index (χ4n) is 2.30. The molecule has 1 fully saturated rings. The average molecular weight is 286 g/mol. The van der Waals surface area contributed by atoms with Gasteiger partial charge in [-0.1, -0.05) is 0 Å². The smallest absolute Gasteiger partial charge is 0.243 e. The van der Waals surface area contributed by atoms with Crippen LogP contribution >= 0.6 is 0 Å². The number of rotatable bonds is 4. The molecule has 0 bridgehead atoms. The number of aliphatic hydroxyl groups is 1. The third-order valence-corrected chi connectivity index (χ3v) is 5.29. The van der Waals surface area contributed by atoms with Crippen molar-refractivity contribution in [1.82, 2.24) is 4.31 Å². The summed E-state index contributed by atoms with van der Waals surface area (Å²) in [7, 11) is -2.17. The molecule has 6 nitrogen and oxygen atoms in total. The number of aliphatic hydroxyl groups excluding tert-OH is 1. The summed E-state index contributed by atoms with van der Waals surface area (Å²) in [5.74, 6) is 0.334. The van der Waals surface area contributed by atoms with Gasteiger partial charge in [0.2, 0.25) is 10.0 Å². The fraction of sp³-hybridized carbons (Fsp3) is 0.500. The highest BCUT2D eigenvalue weighted by atomic mass is 32.2. The van der Waals surface area contributed by atoms with Crippen molar-refractivity contribution < 1.29 is 18.3 Å². The molecule has 0 aromatic heterocycles. The standard InChI is InChI=1S/C12H18N2O4S/c1-18-12-7-10(4-5-11(12)13)19(16,17)14-6-2-3-9(14)8-15/h4-5,7,9,15H,2-3,6,8,13H2,1H3/t9-/m0/s1. The lowest BCUT2D eigenvalue weighted by Gasteiger charge is -2.22. The van der Waals surface area contributed by atoms with Gasteiger partial charge in [0.1, 0.15) is 5.75 Å². The van der Waals surface area contributed by atoms with Gasteiger partial charge in [0.15, 0.2) is 0 Å². The number of hydrogen-bond acceptors (Lipinski definition) is 5. The second-order valence-electron chi connectivity index (χ2n) is 4.50. The molecular formula is C12H18N2O4S. The molecule has 1 aromatic carbocycles. The molecule has 1 heterocycles. The van der Waals surface area contributed by atoms with Gasteiger partial charge < -0.3 is 15.6 Å². The first-order valence-electron chi connectivity index (χ1n) is 6.07. The number of nitrogen functional groups attached to an aromatic ring is 1. The van der Waals surface area contributed by atoms with E-state index in [1.165, 1.54) is 29.6 Å². The van der Waals surface area contributed by atoms with Crippen LogP contribution in [0.25, 0.3) is 0 Å². The highest BCUT2D eigenvalue weighted by molar-refractivity contribution is 7.89. The van der Waals surface area contributed by atoms with E-state index in [4.69, 9.17) is 10.5 Å². The van der Waals surface area contributed by atoms with Crippen molar-refractivity contribution in [3.8, 4) is 5.75 Å². The van der Waals surface area contributed by atoms with Crippen molar-refractivity contribution in [1.29, 1.82) is 0 Å². The second-order valence-corrected chi connectivity index (χ2v) is 6.39. The maximum Gasteiger partial charge on any atom is 0.243 e. The van der Waals surface area contributed by atoms with Gasteiger partial charge in [-0.15, -0.1) is 0 Å². The Morgan fingerprint density at radius 2 is 2.26 bits per heavy atom. The average Bonchev–Trinajstić information content (AvgIpc) is 2.88. The summed E-state index contributed by atoms with van der Waals surface area (Å²) in [5.41, 5.74) is 6.07. The molecule has 1 atom stereocenters. The van der Waals surface area contributed by atoms with Gasteiger partial charge in [-0.05, 0) is 25.0 Å². The fourth-order valence-corrected chi connectivity index (χ4v) is 4.00. The number of sulfonamides is 1. The molecule has 0 amide bonds. The normalized spacial score (nSPS) is 20.6. The number of anilines is 1. The Morgan fingerprint density at radius 1 is 1.53 bits per heavy atom. The zero-order chi connectivity index (χ0) is 14.0. The quantitative estimate of drug-likeness (QED) is 0.783. The Morgan fingerprint density at radius 3 is 2.89 bits per heavy atom. The lowest BCUT2D eigenvalue weighted by molar-refractivity contribution is 0.213. The van der Waals surface area contributed by atoms with Gasteiger partial charge >= 0.3 is 0 Å². The molecule has 19 heavy (non-hydrogen) atoms. The van der Waals surface area contributed by atoms with Gasteiger partial charge in [-0.3, -0.25) is 0 Å². The largest absolute Gasteiger partial charge is 0.495 e. The molecule has 106 valence electrons. The molecule has 0 saturated carbocycles. The lowest BCUT2D eigenvalue weighted by Crippen LogP contribution is -2.37. The van der Waals surface area contributed by atoms with Crippen LogP contribution in [0.2, 0.25) is 0 Å². The predicted octanol–water partition coefficient (Wildman–Crippen LogP) is 0.423. The summed E-state index contributed by atoms with van der Waals surface area (Å²) in [4.78, 5) is 0.138. The van der Waals surface area contributed by atoms with Crippen molar-refractivity contribution in [3.05, 3.63) is 18.2 Å². The first kappa shape index (κ1) is 14.1. The Hall–Kier alpha value is -1.31. The molecule has 1 aliphatic heterocycles. The number of benzene rings is 1. The molecule has 0 aliphatic carbocycles. The number of methoxy groups -OCH3 is 1. The molecule has 1 saturated heterocycles. The zero-order valence-corrected chi connectivity index (χ0v) is 11.6. The van der Waals surface area contributed by atoms with Crippen molar-refractivity contribution >= 4 is 15.7 Å². The van der Waals surface area contributed by atoms with E-state index in [1.807, 2.05) is 0 Å². The van der Waals surface area contributed by atoms with Crippen molar-refractivity contribution in [2.75, 3.05) is 26.0 Å². The van der Waals surface area contributed by atoms with Crippen LogP contribution in [0.1, 0.15) is 12.8 Å². The summed E-state index contributed by atoms with van der Waals surface area (Å²) in [6.07, 6.45) is 1.44. The van der Waals surface area contributed by atoms with Crippen LogP contribution in [0.4, 0.5) is 5.69 Å². The van der Waals surface area contributed by atoms with E-state index in [0.29, 0.717) is 24.4 Å². The Balaban J connectivity index is 2.39. The maximum absolute atomic E-state index is 12.5. The van der Waals surface area contributed by atoms with E-state index in [1.54, 1.807) is 0 Å².